The Morgan fingerprint density at radius 3 is 2.40 bits per heavy atom. The maximum Gasteiger partial charge on any atom is 0.319 e. The number of fused-ring (bicyclic) bond motifs is 1. The first-order valence-electron chi connectivity index (χ1n) is 9.47. The summed E-state index contributed by atoms with van der Waals surface area (Å²) >= 11 is 0. The number of urea groups is 1. The van der Waals surface area contributed by atoms with Crippen LogP contribution in [0.25, 0.3) is 10.9 Å². The van der Waals surface area contributed by atoms with Gasteiger partial charge in [-0.3, -0.25) is 4.98 Å². The summed E-state index contributed by atoms with van der Waals surface area (Å²) in [6.07, 6.45) is 2.43. The summed E-state index contributed by atoms with van der Waals surface area (Å²) in [7, 11) is 4.80. The number of nitrogens with one attached hydrogen (secondary N) is 2. The van der Waals surface area contributed by atoms with Crippen LogP contribution in [0.3, 0.4) is 0 Å². The quantitative estimate of drug-likeness (QED) is 0.513. The molecule has 0 aliphatic carbocycles. The van der Waals surface area contributed by atoms with Gasteiger partial charge < -0.3 is 29.6 Å². The van der Waals surface area contributed by atoms with Crippen molar-refractivity contribution in [3.63, 3.8) is 0 Å². The molecular formula is C22H25N3O5. The minimum atomic E-state index is -0.263. The van der Waals surface area contributed by atoms with Crippen LogP contribution in [0.5, 0.6) is 23.0 Å². The topological polar surface area (TPSA) is 90.9 Å². The van der Waals surface area contributed by atoms with Crippen LogP contribution in [0.1, 0.15) is 6.42 Å². The van der Waals surface area contributed by atoms with E-state index in [0.717, 1.165) is 17.3 Å². The lowest BCUT2D eigenvalue weighted by molar-refractivity contribution is 0.194. The third-order valence-corrected chi connectivity index (χ3v) is 4.36. The number of methoxy groups -OCH3 is 3. The number of pyridine rings is 1. The molecule has 1 aromatic heterocycles. The van der Waals surface area contributed by atoms with Crippen molar-refractivity contribution in [2.45, 2.75) is 6.42 Å². The van der Waals surface area contributed by atoms with E-state index in [2.05, 4.69) is 15.6 Å². The summed E-state index contributed by atoms with van der Waals surface area (Å²) in [5.41, 5.74) is 1.39. The summed E-state index contributed by atoms with van der Waals surface area (Å²) < 4.78 is 21.7. The molecule has 8 nitrogen and oxygen atoms in total. The number of rotatable bonds is 9. The average Bonchev–Trinajstić information content (AvgIpc) is 2.77. The molecule has 0 atom stereocenters. The fraction of sp³-hybridized carbons (Fsp3) is 0.273. The fourth-order valence-corrected chi connectivity index (χ4v) is 2.86. The molecule has 3 aromatic rings. The number of amides is 2. The summed E-state index contributed by atoms with van der Waals surface area (Å²) in [5, 5.41) is 6.35. The SMILES string of the molecule is COCCCNC(=O)Nc1ccc(Oc2ccnc3cc(OC)c(OC)cc23)cc1. The molecule has 0 aliphatic rings. The van der Waals surface area contributed by atoms with E-state index < -0.39 is 0 Å². The molecule has 0 aliphatic heterocycles. The summed E-state index contributed by atoms with van der Waals surface area (Å²) in [6, 6.07) is 12.3. The first-order valence-corrected chi connectivity index (χ1v) is 9.47. The Kier molecular flexibility index (Phi) is 7.29. The van der Waals surface area contributed by atoms with Gasteiger partial charge in [0, 0.05) is 43.6 Å². The minimum Gasteiger partial charge on any atom is -0.493 e. The van der Waals surface area contributed by atoms with E-state index in [0.29, 0.717) is 41.8 Å². The van der Waals surface area contributed by atoms with Crippen LogP contribution in [0.2, 0.25) is 0 Å². The second-order valence-corrected chi connectivity index (χ2v) is 6.39. The highest BCUT2D eigenvalue weighted by Crippen LogP contribution is 2.36. The number of carbonyl (C=O) groups excluding carboxylic acids is 1. The maximum absolute atomic E-state index is 11.9. The van der Waals surface area contributed by atoms with Crippen molar-refractivity contribution in [2.24, 2.45) is 0 Å². The highest BCUT2D eigenvalue weighted by Gasteiger charge is 2.11. The van der Waals surface area contributed by atoms with Crippen LogP contribution >= 0.6 is 0 Å². The van der Waals surface area contributed by atoms with E-state index in [1.807, 2.05) is 6.07 Å². The largest absolute Gasteiger partial charge is 0.493 e. The van der Waals surface area contributed by atoms with Crippen molar-refractivity contribution < 1.29 is 23.7 Å². The predicted octanol–water partition coefficient (Wildman–Crippen LogP) is 4.20. The Hall–Kier alpha value is -3.52. The monoisotopic (exact) mass is 411 g/mol. The lowest BCUT2D eigenvalue weighted by Gasteiger charge is -2.13. The highest BCUT2D eigenvalue weighted by molar-refractivity contribution is 5.89. The molecule has 0 radical (unpaired) electrons. The molecule has 0 unspecified atom stereocenters. The van der Waals surface area contributed by atoms with Gasteiger partial charge in [0.25, 0.3) is 0 Å². The van der Waals surface area contributed by atoms with E-state index in [-0.39, 0.29) is 6.03 Å². The Bertz CT molecular complexity index is 992. The third-order valence-electron chi connectivity index (χ3n) is 4.36. The smallest absolute Gasteiger partial charge is 0.319 e. The van der Waals surface area contributed by atoms with Gasteiger partial charge in [0.05, 0.1) is 19.7 Å². The Balaban J connectivity index is 1.69. The van der Waals surface area contributed by atoms with Crippen molar-refractivity contribution in [2.75, 3.05) is 39.8 Å². The van der Waals surface area contributed by atoms with Gasteiger partial charge in [-0.05, 0) is 42.8 Å². The zero-order chi connectivity index (χ0) is 21.3. The molecule has 3 rings (SSSR count). The van der Waals surface area contributed by atoms with Crippen LogP contribution in [-0.4, -0.2) is 45.5 Å². The first kappa shape index (κ1) is 21.2. The molecule has 0 saturated heterocycles. The summed E-state index contributed by atoms with van der Waals surface area (Å²) in [6.45, 7) is 1.15. The molecule has 0 fully saturated rings. The third kappa shape index (κ3) is 5.30. The first-order chi connectivity index (χ1) is 14.6. The number of hydrogen-bond acceptors (Lipinski definition) is 6. The lowest BCUT2D eigenvalue weighted by atomic mass is 10.2. The second kappa shape index (κ2) is 10.3. The van der Waals surface area contributed by atoms with Crippen LogP contribution in [0.4, 0.5) is 10.5 Å². The Morgan fingerprint density at radius 1 is 0.967 bits per heavy atom. The zero-order valence-corrected chi connectivity index (χ0v) is 17.2. The molecule has 8 heteroatoms. The molecular weight excluding hydrogens is 386 g/mol. The van der Waals surface area contributed by atoms with Crippen molar-refractivity contribution in [1.82, 2.24) is 10.3 Å². The normalized spacial score (nSPS) is 10.5. The van der Waals surface area contributed by atoms with E-state index in [9.17, 15) is 4.79 Å². The maximum atomic E-state index is 11.9. The van der Waals surface area contributed by atoms with Gasteiger partial charge in [0.15, 0.2) is 11.5 Å². The summed E-state index contributed by atoms with van der Waals surface area (Å²) in [4.78, 5) is 16.3. The van der Waals surface area contributed by atoms with Gasteiger partial charge in [-0.2, -0.15) is 0 Å². The number of benzene rings is 2. The van der Waals surface area contributed by atoms with Gasteiger partial charge >= 0.3 is 6.03 Å². The summed E-state index contributed by atoms with van der Waals surface area (Å²) in [5.74, 6) is 2.46. The molecule has 0 spiro atoms. The molecule has 2 N–H and O–H groups in total. The second-order valence-electron chi connectivity index (χ2n) is 6.39. The minimum absolute atomic E-state index is 0.263. The van der Waals surface area contributed by atoms with Gasteiger partial charge in [-0.25, -0.2) is 4.79 Å². The van der Waals surface area contributed by atoms with Crippen molar-refractivity contribution >= 4 is 22.6 Å². The molecule has 0 saturated carbocycles. The number of ether oxygens (including phenoxy) is 4. The Labute approximate surface area is 175 Å². The molecule has 1 heterocycles. The lowest BCUT2D eigenvalue weighted by Crippen LogP contribution is -2.29. The molecule has 0 bridgehead atoms. The molecule has 2 aromatic carbocycles. The van der Waals surface area contributed by atoms with Crippen LogP contribution in [-0.2, 0) is 4.74 Å². The fourth-order valence-electron chi connectivity index (χ4n) is 2.86. The van der Waals surface area contributed by atoms with Crippen LogP contribution in [0.15, 0.2) is 48.7 Å². The number of aromatic nitrogens is 1. The van der Waals surface area contributed by atoms with Crippen molar-refractivity contribution in [1.29, 1.82) is 0 Å². The van der Waals surface area contributed by atoms with Gasteiger partial charge in [0.1, 0.15) is 11.5 Å². The highest BCUT2D eigenvalue weighted by atomic mass is 16.5. The number of carbonyl (C=O) groups is 1. The van der Waals surface area contributed by atoms with Crippen molar-refractivity contribution in [3.8, 4) is 23.0 Å². The number of anilines is 1. The number of nitrogens with zero attached hydrogens (tertiary/aromatic N) is 1. The van der Waals surface area contributed by atoms with E-state index in [1.54, 1.807) is 63.9 Å². The molecule has 30 heavy (non-hydrogen) atoms. The van der Waals surface area contributed by atoms with Crippen LogP contribution < -0.4 is 24.8 Å². The Morgan fingerprint density at radius 2 is 1.70 bits per heavy atom. The van der Waals surface area contributed by atoms with Crippen molar-refractivity contribution in [3.05, 3.63) is 48.7 Å². The average molecular weight is 411 g/mol. The van der Waals surface area contributed by atoms with Gasteiger partial charge in [-0.15, -0.1) is 0 Å². The standard InChI is InChI=1S/C22H25N3O5/c1-27-12-4-10-24-22(26)25-15-5-7-16(8-6-15)30-19-9-11-23-18-14-21(29-3)20(28-2)13-17(18)19/h5-9,11,13-14H,4,10,12H2,1-3H3,(H2,24,25,26). The van der Waals surface area contributed by atoms with Gasteiger partial charge in [-0.1, -0.05) is 0 Å². The zero-order valence-electron chi connectivity index (χ0n) is 17.2. The molecule has 158 valence electrons. The predicted molar refractivity (Wildman–Crippen MR) is 115 cm³/mol. The van der Waals surface area contributed by atoms with E-state index in [1.165, 1.54) is 0 Å². The number of hydrogen-bond donors (Lipinski definition) is 2. The van der Waals surface area contributed by atoms with Gasteiger partial charge in [0.2, 0.25) is 0 Å². The molecule has 2 amide bonds. The van der Waals surface area contributed by atoms with E-state index in [4.69, 9.17) is 18.9 Å². The van der Waals surface area contributed by atoms with Crippen LogP contribution in [0, 0.1) is 0 Å². The van der Waals surface area contributed by atoms with E-state index >= 15 is 0 Å².